The standard InChI is InChI=1S/C15H13ClN2O5S/c1-23-14(19)8-11(13-3-2-6-24-13)17-15(20)9-4-5-10(16)12(7-9)18(21)22/h2-7,11H,8H2,1H3,(H,17,20)/t11-/m0/s1. The minimum absolute atomic E-state index is 0.0432. The zero-order chi connectivity index (χ0) is 17.7. The number of amides is 1. The molecule has 1 heterocycles. The predicted molar refractivity (Wildman–Crippen MR) is 89.3 cm³/mol. The first kappa shape index (κ1) is 17.9. The number of halogens is 1. The third-order valence-electron chi connectivity index (χ3n) is 3.20. The second-order valence-corrected chi connectivity index (χ2v) is 6.13. The summed E-state index contributed by atoms with van der Waals surface area (Å²) in [7, 11) is 1.26. The number of carbonyl (C=O) groups excluding carboxylic acids is 2. The van der Waals surface area contributed by atoms with Gasteiger partial charge in [0.2, 0.25) is 0 Å². The van der Waals surface area contributed by atoms with Crippen LogP contribution in [-0.2, 0) is 9.53 Å². The Balaban J connectivity index is 2.23. The molecule has 0 unspecified atom stereocenters. The molecular weight excluding hydrogens is 356 g/mol. The van der Waals surface area contributed by atoms with Crippen LogP contribution in [0.1, 0.15) is 27.7 Å². The number of nitrogens with zero attached hydrogens (tertiary/aromatic N) is 1. The van der Waals surface area contributed by atoms with E-state index >= 15 is 0 Å². The Morgan fingerprint density at radius 3 is 2.75 bits per heavy atom. The van der Waals surface area contributed by atoms with Gasteiger partial charge in [-0.2, -0.15) is 0 Å². The Morgan fingerprint density at radius 2 is 2.17 bits per heavy atom. The van der Waals surface area contributed by atoms with Gasteiger partial charge in [-0.3, -0.25) is 19.7 Å². The van der Waals surface area contributed by atoms with Crippen LogP contribution in [0.2, 0.25) is 5.02 Å². The second kappa shape index (κ2) is 7.89. The lowest BCUT2D eigenvalue weighted by Gasteiger charge is -2.16. The molecule has 9 heteroatoms. The van der Waals surface area contributed by atoms with Gasteiger partial charge in [-0.25, -0.2) is 0 Å². The quantitative estimate of drug-likeness (QED) is 0.479. The number of nitro groups is 1. The molecule has 0 saturated heterocycles. The largest absolute Gasteiger partial charge is 0.469 e. The molecule has 0 bridgehead atoms. The Labute approximate surface area is 146 Å². The highest BCUT2D eigenvalue weighted by atomic mass is 35.5. The van der Waals surface area contributed by atoms with Gasteiger partial charge in [-0.15, -0.1) is 11.3 Å². The molecule has 1 aromatic heterocycles. The molecule has 0 aliphatic rings. The Kier molecular flexibility index (Phi) is 5.88. The summed E-state index contributed by atoms with van der Waals surface area (Å²) >= 11 is 7.12. The van der Waals surface area contributed by atoms with Crippen LogP contribution in [0.25, 0.3) is 0 Å². The molecule has 7 nitrogen and oxygen atoms in total. The second-order valence-electron chi connectivity index (χ2n) is 4.75. The molecule has 0 spiro atoms. The molecule has 0 aliphatic carbocycles. The van der Waals surface area contributed by atoms with Crippen molar-refractivity contribution in [3.8, 4) is 0 Å². The summed E-state index contributed by atoms with van der Waals surface area (Å²) in [5.74, 6) is -1.02. The van der Waals surface area contributed by atoms with Crippen molar-refractivity contribution in [1.82, 2.24) is 5.32 Å². The summed E-state index contributed by atoms with van der Waals surface area (Å²) in [6.07, 6.45) is -0.0432. The maximum Gasteiger partial charge on any atom is 0.307 e. The number of hydrogen-bond donors (Lipinski definition) is 1. The molecule has 0 saturated carbocycles. The molecule has 0 radical (unpaired) electrons. The number of rotatable bonds is 6. The number of nitrogens with one attached hydrogen (secondary N) is 1. The van der Waals surface area contributed by atoms with Crippen molar-refractivity contribution < 1.29 is 19.2 Å². The van der Waals surface area contributed by atoms with E-state index < -0.39 is 22.8 Å². The van der Waals surface area contributed by atoms with Crippen molar-refractivity contribution in [3.63, 3.8) is 0 Å². The minimum atomic E-state index is -0.662. The number of carbonyl (C=O) groups is 2. The van der Waals surface area contributed by atoms with Gasteiger partial charge in [0.15, 0.2) is 0 Å². The number of thiophene rings is 1. The Hall–Kier alpha value is -2.45. The summed E-state index contributed by atoms with van der Waals surface area (Å²) < 4.78 is 4.64. The van der Waals surface area contributed by atoms with E-state index in [4.69, 9.17) is 11.6 Å². The summed E-state index contributed by atoms with van der Waals surface area (Å²) in [5.41, 5.74) is -0.275. The predicted octanol–water partition coefficient (Wildman–Crippen LogP) is 3.34. The zero-order valence-electron chi connectivity index (χ0n) is 12.5. The van der Waals surface area contributed by atoms with Crippen molar-refractivity contribution in [1.29, 1.82) is 0 Å². The maximum atomic E-state index is 12.4. The average Bonchev–Trinajstić information content (AvgIpc) is 3.08. The molecule has 126 valence electrons. The highest BCUT2D eigenvalue weighted by molar-refractivity contribution is 7.10. The monoisotopic (exact) mass is 368 g/mol. The lowest BCUT2D eigenvalue weighted by atomic mass is 10.1. The smallest absolute Gasteiger partial charge is 0.307 e. The van der Waals surface area contributed by atoms with E-state index in [0.29, 0.717) is 0 Å². The highest BCUT2D eigenvalue weighted by Crippen LogP contribution is 2.26. The number of ether oxygens (including phenoxy) is 1. The first-order chi connectivity index (χ1) is 11.4. The third kappa shape index (κ3) is 4.30. The van der Waals surface area contributed by atoms with E-state index in [1.54, 1.807) is 12.1 Å². The lowest BCUT2D eigenvalue weighted by Crippen LogP contribution is -2.30. The fourth-order valence-electron chi connectivity index (χ4n) is 2.00. The van der Waals surface area contributed by atoms with Crippen LogP contribution >= 0.6 is 22.9 Å². The Bertz CT molecular complexity index is 763. The molecule has 0 aliphatic heterocycles. The molecule has 2 aromatic rings. The lowest BCUT2D eigenvalue weighted by molar-refractivity contribution is -0.384. The van der Waals surface area contributed by atoms with Crippen molar-refractivity contribution in [2.24, 2.45) is 0 Å². The van der Waals surface area contributed by atoms with Gasteiger partial charge >= 0.3 is 5.97 Å². The van der Waals surface area contributed by atoms with Gasteiger partial charge in [-0.1, -0.05) is 17.7 Å². The van der Waals surface area contributed by atoms with Crippen LogP contribution in [0.5, 0.6) is 0 Å². The van der Waals surface area contributed by atoms with Crippen molar-refractivity contribution in [2.45, 2.75) is 12.5 Å². The van der Waals surface area contributed by atoms with Gasteiger partial charge in [0.05, 0.1) is 24.5 Å². The molecule has 24 heavy (non-hydrogen) atoms. The Morgan fingerprint density at radius 1 is 1.42 bits per heavy atom. The van der Waals surface area contributed by atoms with E-state index in [2.05, 4.69) is 10.1 Å². The van der Waals surface area contributed by atoms with Gasteiger partial charge in [0.1, 0.15) is 5.02 Å². The van der Waals surface area contributed by atoms with Crippen LogP contribution in [-0.4, -0.2) is 23.9 Å². The molecule has 1 aromatic carbocycles. The highest BCUT2D eigenvalue weighted by Gasteiger charge is 2.22. The van der Waals surface area contributed by atoms with E-state index in [1.807, 2.05) is 5.38 Å². The number of esters is 1. The van der Waals surface area contributed by atoms with E-state index in [1.165, 1.54) is 30.6 Å². The first-order valence-electron chi connectivity index (χ1n) is 6.77. The number of methoxy groups -OCH3 is 1. The van der Waals surface area contributed by atoms with Crippen LogP contribution in [0.15, 0.2) is 35.7 Å². The molecule has 1 amide bonds. The fraction of sp³-hybridized carbons (Fsp3) is 0.200. The fourth-order valence-corrected chi connectivity index (χ4v) is 2.96. The first-order valence-corrected chi connectivity index (χ1v) is 8.03. The topological polar surface area (TPSA) is 98.5 Å². The molecule has 1 atom stereocenters. The minimum Gasteiger partial charge on any atom is -0.469 e. The molecular formula is C15H13ClN2O5S. The number of nitro benzene ring substituents is 1. The summed E-state index contributed by atoms with van der Waals surface area (Å²) in [4.78, 5) is 35.0. The van der Waals surface area contributed by atoms with E-state index in [9.17, 15) is 19.7 Å². The van der Waals surface area contributed by atoms with Gasteiger partial charge < -0.3 is 10.1 Å². The van der Waals surface area contributed by atoms with Gasteiger partial charge in [0.25, 0.3) is 11.6 Å². The van der Waals surface area contributed by atoms with Gasteiger partial charge in [0, 0.05) is 16.5 Å². The van der Waals surface area contributed by atoms with Crippen LogP contribution < -0.4 is 5.32 Å². The van der Waals surface area contributed by atoms with E-state index in [0.717, 1.165) is 10.9 Å². The van der Waals surface area contributed by atoms with Crippen LogP contribution in [0, 0.1) is 10.1 Å². The molecule has 1 N–H and O–H groups in total. The zero-order valence-corrected chi connectivity index (χ0v) is 14.1. The third-order valence-corrected chi connectivity index (χ3v) is 4.50. The SMILES string of the molecule is COC(=O)C[C@H](NC(=O)c1ccc(Cl)c([N+](=O)[O-])c1)c1cccs1. The number of benzene rings is 1. The summed E-state index contributed by atoms with van der Waals surface area (Å²) in [5, 5.41) is 15.4. The van der Waals surface area contributed by atoms with Crippen LogP contribution in [0.4, 0.5) is 5.69 Å². The maximum absolute atomic E-state index is 12.4. The van der Waals surface area contributed by atoms with Crippen molar-refractivity contribution >= 4 is 40.5 Å². The van der Waals surface area contributed by atoms with Crippen LogP contribution in [0.3, 0.4) is 0 Å². The normalized spacial score (nSPS) is 11.6. The average molecular weight is 369 g/mol. The number of hydrogen-bond acceptors (Lipinski definition) is 6. The van der Waals surface area contributed by atoms with Crippen molar-refractivity contribution in [2.75, 3.05) is 7.11 Å². The summed E-state index contributed by atoms with van der Waals surface area (Å²) in [6.45, 7) is 0. The van der Waals surface area contributed by atoms with Gasteiger partial charge in [-0.05, 0) is 23.6 Å². The summed E-state index contributed by atoms with van der Waals surface area (Å²) in [6, 6.07) is 6.76. The van der Waals surface area contributed by atoms with E-state index in [-0.39, 0.29) is 22.7 Å². The van der Waals surface area contributed by atoms with Crippen molar-refractivity contribution in [3.05, 3.63) is 61.3 Å². The molecule has 2 rings (SSSR count). The molecule has 0 fully saturated rings.